The molecule has 0 unspecified atom stereocenters. The first kappa shape index (κ1) is 13.2. The number of hydrogen-bond acceptors (Lipinski definition) is 3. The smallest absolute Gasteiger partial charge is 0.257 e. The van der Waals surface area contributed by atoms with Gasteiger partial charge in [0.25, 0.3) is 5.91 Å². The average Bonchev–Trinajstić information content (AvgIpc) is 2.36. The standard InChI is InChI=1S/C13H12ClN3O2/c1-17-7-9(3-5-12(17)18)16-13(19)10-6-8(14)2-4-11(10)15/h2-7H,15H2,1H3,(H,16,19). The Balaban J connectivity index is 2.28. The van der Waals surface area contributed by atoms with Crippen LogP contribution < -0.4 is 16.6 Å². The molecule has 1 heterocycles. The van der Waals surface area contributed by atoms with Crippen molar-refractivity contribution in [3.8, 4) is 0 Å². The summed E-state index contributed by atoms with van der Waals surface area (Å²) >= 11 is 5.83. The Labute approximate surface area is 114 Å². The van der Waals surface area contributed by atoms with E-state index < -0.39 is 0 Å². The van der Waals surface area contributed by atoms with Gasteiger partial charge in [0.15, 0.2) is 0 Å². The average molecular weight is 278 g/mol. The number of carbonyl (C=O) groups is 1. The molecule has 0 saturated heterocycles. The Morgan fingerprint density at radius 3 is 2.74 bits per heavy atom. The second-order valence-electron chi connectivity index (χ2n) is 4.05. The van der Waals surface area contributed by atoms with Crippen LogP contribution in [0.2, 0.25) is 5.02 Å². The summed E-state index contributed by atoms with van der Waals surface area (Å²) in [5, 5.41) is 3.09. The molecule has 0 radical (unpaired) electrons. The Bertz CT molecular complexity index is 695. The molecule has 0 atom stereocenters. The monoisotopic (exact) mass is 277 g/mol. The number of aryl methyl sites for hydroxylation is 1. The first-order valence-electron chi connectivity index (χ1n) is 5.50. The van der Waals surface area contributed by atoms with E-state index in [4.69, 9.17) is 17.3 Å². The highest BCUT2D eigenvalue weighted by molar-refractivity contribution is 6.31. The van der Waals surface area contributed by atoms with E-state index >= 15 is 0 Å². The molecule has 0 bridgehead atoms. The van der Waals surface area contributed by atoms with Crippen LogP contribution >= 0.6 is 11.6 Å². The van der Waals surface area contributed by atoms with Crippen molar-refractivity contribution in [1.29, 1.82) is 0 Å². The summed E-state index contributed by atoms with van der Waals surface area (Å²) in [5.41, 5.74) is 6.71. The van der Waals surface area contributed by atoms with Gasteiger partial charge in [-0.2, -0.15) is 0 Å². The van der Waals surface area contributed by atoms with Gasteiger partial charge in [-0.25, -0.2) is 0 Å². The fraction of sp³-hybridized carbons (Fsp3) is 0.0769. The van der Waals surface area contributed by atoms with Crippen LogP contribution in [0, 0.1) is 0 Å². The molecule has 5 nitrogen and oxygen atoms in total. The van der Waals surface area contributed by atoms with E-state index in [0.29, 0.717) is 22.0 Å². The number of nitrogens with two attached hydrogens (primary N) is 1. The number of aromatic nitrogens is 1. The minimum Gasteiger partial charge on any atom is -0.398 e. The molecule has 1 aromatic heterocycles. The van der Waals surface area contributed by atoms with Crippen LogP contribution in [-0.2, 0) is 7.05 Å². The van der Waals surface area contributed by atoms with Gasteiger partial charge in [0, 0.05) is 30.0 Å². The molecule has 1 aromatic carbocycles. The molecule has 0 spiro atoms. The number of carbonyl (C=O) groups excluding carboxylic acids is 1. The number of pyridine rings is 1. The molecule has 98 valence electrons. The van der Waals surface area contributed by atoms with E-state index in [1.807, 2.05) is 0 Å². The Hall–Kier alpha value is -2.27. The van der Waals surface area contributed by atoms with Crippen molar-refractivity contribution >= 4 is 28.9 Å². The molecule has 0 saturated carbocycles. The number of nitrogens with one attached hydrogen (secondary N) is 1. The van der Waals surface area contributed by atoms with Gasteiger partial charge in [-0.15, -0.1) is 0 Å². The highest BCUT2D eigenvalue weighted by atomic mass is 35.5. The lowest BCUT2D eigenvalue weighted by Gasteiger charge is -2.08. The molecule has 2 rings (SSSR count). The van der Waals surface area contributed by atoms with Gasteiger partial charge in [-0.1, -0.05) is 11.6 Å². The second kappa shape index (κ2) is 5.16. The summed E-state index contributed by atoms with van der Waals surface area (Å²) in [6.45, 7) is 0. The maximum Gasteiger partial charge on any atom is 0.257 e. The van der Waals surface area contributed by atoms with Gasteiger partial charge < -0.3 is 15.6 Å². The first-order chi connectivity index (χ1) is 8.97. The van der Waals surface area contributed by atoms with Crippen LogP contribution in [0.1, 0.15) is 10.4 Å². The number of anilines is 2. The maximum absolute atomic E-state index is 12.0. The SMILES string of the molecule is Cn1cc(NC(=O)c2cc(Cl)ccc2N)ccc1=O. The molecule has 0 aliphatic rings. The van der Waals surface area contributed by atoms with Gasteiger partial charge in [-0.3, -0.25) is 9.59 Å². The predicted octanol–water partition coefficient (Wildman–Crippen LogP) is 1.87. The summed E-state index contributed by atoms with van der Waals surface area (Å²) in [7, 11) is 1.60. The number of benzene rings is 1. The maximum atomic E-state index is 12.0. The number of amides is 1. The van der Waals surface area contributed by atoms with E-state index in [9.17, 15) is 9.59 Å². The Morgan fingerprint density at radius 2 is 2.05 bits per heavy atom. The first-order valence-corrected chi connectivity index (χ1v) is 5.88. The number of hydrogen-bond donors (Lipinski definition) is 2. The summed E-state index contributed by atoms with van der Waals surface area (Å²) in [4.78, 5) is 23.3. The fourth-order valence-electron chi connectivity index (χ4n) is 1.59. The minimum absolute atomic E-state index is 0.153. The Kier molecular flexibility index (Phi) is 3.57. The van der Waals surface area contributed by atoms with E-state index in [1.165, 1.54) is 29.0 Å². The fourth-order valence-corrected chi connectivity index (χ4v) is 1.76. The zero-order valence-electron chi connectivity index (χ0n) is 10.2. The van der Waals surface area contributed by atoms with Gasteiger partial charge in [0.05, 0.1) is 11.3 Å². The quantitative estimate of drug-likeness (QED) is 0.823. The second-order valence-corrected chi connectivity index (χ2v) is 4.49. The van der Waals surface area contributed by atoms with E-state index in [2.05, 4.69) is 5.32 Å². The molecule has 3 N–H and O–H groups in total. The van der Waals surface area contributed by atoms with Crippen LogP contribution in [0.3, 0.4) is 0 Å². The van der Waals surface area contributed by atoms with Gasteiger partial charge >= 0.3 is 0 Å². The van der Waals surface area contributed by atoms with Crippen LogP contribution in [-0.4, -0.2) is 10.5 Å². The van der Waals surface area contributed by atoms with Gasteiger partial charge in [0.1, 0.15) is 0 Å². The van der Waals surface area contributed by atoms with E-state index in [1.54, 1.807) is 19.2 Å². The van der Waals surface area contributed by atoms with Crippen LogP contribution in [0.5, 0.6) is 0 Å². The lowest BCUT2D eigenvalue weighted by Crippen LogP contribution is -2.18. The van der Waals surface area contributed by atoms with E-state index in [0.717, 1.165) is 0 Å². The van der Waals surface area contributed by atoms with Crippen molar-refractivity contribution in [2.75, 3.05) is 11.1 Å². The number of halogens is 1. The summed E-state index contributed by atoms with van der Waals surface area (Å²) < 4.78 is 1.37. The lowest BCUT2D eigenvalue weighted by atomic mass is 10.1. The Morgan fingerprint density at radius 1 is 1.32 bits per heavy atom. The zero-order valence-corrected chi connectivity index (χ0v) is 10.9. The molecular formula is C13H12ClN3O2. The number of nitrogen functional groups attached to an aromatic ring is 1. The zero-order chi connectivity index (χ0) is 14.0. The van der Waals surface area contributed by atoms with Crippen LogP contribution in [0.4, 0.5) is 11.4 Å². The van der Waals surface area contributed by atoms with Crippen LogP contribution in [0.25, 0.3) is 0 Å². The summed E-state index contributed by atoms with van der Waals surface area (Å²) in [5.74, 6) is -0.376. The number of nitrogens with zero attached hydrogens (tertiary/aromatic N) is 1. The molecular weight excluding hydrogens is 266 g/mol. The van der Waals surface area contributed by atoms with Crippen LogP contribution in [0.15, 0.2) is 41.3 Å². The molecule has 0 fully saturated rings. The predicted molar refractivity (Wildman–Crippen MR) is 75.5 cm³/mol. The highest BCUT2D eigenvalue weighted by Crippen LogP contribution is 2.19. The number of rotatable bonds is 2. The topological polar surface area (TPSA) is 77.1 Å². The molecule has 6 heteroatoms. The van der Waals surface area contributed by atoms with Gasteiger partial charge in [0.2, 0.25) is 5.56 Å². The van der Waals surface area contributed by atoms with Crippen molar-refractivity contribution in [3.05, 3.63) is 57.5 Å². The van der Waals surface area contributed by atoms with E-state index in [-0.39, 0.29) is 11.5 Å². The lowest BCUT2D eigenvalue weighted by molar-refractivity contribution is 0.102. The molecule has 1 amide bonds. The minimum atomic E-state index is -0.376. The third-order valence-corrected chi connectivity index (χ3v) is 2.84. The molecule has 0 aliphatic carbocycles. The van der Waals surface area contributed by atoms with Crippen molar-refractivity contribution < 1.29 is 4.79 Å². The summed E-state index contributed by atoms with van der Waals surface area (Å²) in [6.07, 6.45) is 1.53. The van der Waals surface area contributed by atoms with Crippen molar-refractivity contribution in [2.45, 2.75) is 0 Å². The molecule has 0 aliphatic heterocycles. The normalized spacial score (nSPS) is 10.2. The van der Waals surface area contributed by atoms with Gasteiger partial charge in [-0.05, 0) is 24.3 Å². The molecule has 2 aromatic rings. The third kappa shape index (κ3) is 2.95. The van der Waals surface area contributed by atoms with Crippen molar-refractivity contribution in [2.24, 2.45) is 7.05 Å². The van der Waals surface area contributed by atoms with Crippen molar-refractivity contribution in [1.82, 2.24) is 4.57 Å². The summed E-state index contributed by atoms with van der Waals surface area (Å²) in [6, 6.07) is 7.57. The largest absolute Gasteiger partial charge is 0.398 e. The third-order valence-electron chi connectivity index (χ3n) is 2.60. The highest BCUT2D eigenvalue weighted by Gasteiger charge is 2.10. The van der Waals surface area contributed by atoms with Crippen molar-refractivity contribution in [3.63, 3.8) is 0 Å². The molecule has 19 heavy (non-hydrogen) atoms.